The van der Waals surface area contributed by atoms with Crippen LogP contribution in [0.15, 0.2) is 29.4 Å². The summed E-state index contributed by atoms with van der Waals surface area (Å²) in [6.45, 7) is 5.85. The number of benzene rings is 1. The smallest absolute Gasteiger partial charge is 0.281 e. The molecule has 1 aromatic rings. The molecule has 0 aliphatic carbocycles. The molecule has 9 nitrogen and oxygen atoms in total. The maximum absolute atomic E-state index is 12.9. The van der Waals surface area contributed by atoms with Gasteiger partial charge in [0.05, 0.1) is 29.4 Å². The van der Waals surface area contributed by atoms with E-state index < -0.39 is 10.9 Å². The highest BCUT2D eigenvalue weighted by molar-refractivity contribution is 6.07. The summed E-state index contributed by atoms with van der Waals surface area (Å²) in [5, 5.41) is 22.9. The average molecular weight is 371 g/mol. The molecule has 1 unspecified atom stereocenters. The number of nitrogens with zero attached hydrogens (tertiary/aromatic N) is 5. The van der Waals surface area contributed by atoms with Gasteiger partial charge in [-0.2, -0.15) is 5.26 Å². The van der Waals surface area contributed by atoms with Crippen molar-refractivity contribution >= 4 is 11.9 Å². The summed E-state index contributed by atoms with van der Waals surface area (Å²) in [5.74, 6) is -0.237. The van der Waals surface area contributed by atoms with Gasteiger partial charge in [0, 0.05) is 25.6 Å². The summed E-state index contributed by atoms with van der Waals surface area (Å²) in [6.07, 6.45) is 0.834. The Kier molecular flexibility index (Phi) is 5.10. The third-order valence-corrected chi connectivity index (χ3v) is 4.78. The fourth-order valence-corrected chi connectivity index (χ4v) is 3.64. The molecule has 142 valence electrons. The summed E-state index contributed by atoms with van der Waals surface area (Å²) in [7, 11) is 0. The summed E-state index contributed by atoms with van der Waals surface area (Å²) in [5.41, 5.74) is 0.224. The van der Waals surface area contributed by atoms with Gasteiger partial charge in [-0.15, -0.1) is 0 Å². The second-order valence-electron chi connectivity index (χ2n) is 7.34. The van der Waals surface area contributed by atoms with E-state index in [0.717, 1.165) is 6.42 Å². The van der Waals surface area contributed by atoms with E-state index in [1.807, 2.05) is 19.9 Å². The van der Waals surface area contributed by atoms with Crippen LogP contribution in [0.5, 0.6) is 0 Å². The average Bonchev–Trinajstić information content (AvgIpc) is 3.17. The van der Waals surface area contributed by atoms with Gasteiger partial charge in [0.2, 0.25) is 0 Å². The predicted molar refractivity (Wildman–Crippen MR) is 96.3 cm³/mol. The molecule has 0 aromatic heterocycles. The van der Waals surface area contributed by atoms with E-state index in [0.29, 0.717) is 19.7 Å². The zero-order valence-corrected chi connectivity index (χ0v) is 15.3. The number of carbonyl (C=O) groups excluding carboxylic acids is 1. The molecule has 0 radical (unpaired) electrons. The molecule has 0 N–H and O–H groups in total. The molecule has 0 bridgehead atoms. The minimum Gasteiger partial charge on any atom is -0.375 e. The van der Waals surface area contributed by atoms with Gasteiger partial charge in [-0.1, -0.05) is 12.1 Å². The van der Waals surface area contributed by atoms with Crippen molar-refractivity contribution in [3.05, 3.63) is 45.5 Å². The zero-order valence-electron chi connectivity index (χ0n) is 15.3. The van der Waals surface area contributed by atoms with Gasteiger partial charge in [0.15, 0.2) is 5.03 Å². The number of amides is 1. The second-order valence-corrected chi connectivity index (χ2v) is 7.34. The molecular weight excluding hydrogens is 350 g/mol. The van der Waals surface area contributed by atoms with Crippen molar-refractivity contribution < 1.29 is 14.6 Å². The quantitative estimate of drug-likeness (QED) is 0.588. The lowest BCUT2D eigenvalue weighted by molar-refractivity contribution is -0.486. The largest absolute Gasteiger partial charge is 0.375 e. The SMILES string of the molecule is CC1(C)CC(CN2CCN(C(=O)c3ccccc3C#N)C2=N[N+](=O)[O-])CO1. The maximum atomic E-state index is 12.9. The van der Waals surface area contributed by atoms with E-state index in [9.17, 15) is 20.2 Å². The van der Waals surface area contributed by atoms with Crippen LogP contribution in [0.25, 0.3) is 0 Å². The van der Waals surface area contributed by atoms with Crippen molar-refractivity contribution in [1.82, 2.24) is 9.80 Å². The Morgan fingerprint density at radius 3 is 2.81 bits per heavy atom. The molecule has 2 aliphatic heterocycles. The maximum Gasteiger partial charge on any atom is 0.281 e. The van der Waals surface area contributed by atoms with Crippen LogP contribution in [0.1, 0.15) is 36.2 Å². The normalized spacial score (nSPS) is 22.9. The van der Waals surface area contributed by atoms with Gasteiger partial charge in [-0.3, -0.25) is 9.69 Å². The zero-order chi connectivity index (χ0) is 19.6. The monoisotopic (exact) mass is 371 g/mol. The number of hydrogen-bond donors (Lipinski definition) is 0. The first-order valence-corrected chi connectivity index (χ1v) is 8.73. The van der Waals surface area contributed by atoms with Crippen LogP contribution >= 0.6 is 0 Å². The molecule has 2 heterocycles. The number of nitriles is 1. The topological polar surface area (TPSA) is 112 Å². The fourth-order valence-electron chi connectivity index (χ4n) is 3.64. The third kappa shape index (κ3) is 4.06. The van der Waals surface area contributed by atoms with Gasteiger partial charge in [-0.05, 0) is 32.4 Å². The standard InChI is InChI=1S/C18H21N5O4/c1-18(2)9-13(12-27-18)11-21-7-8-22(17(21)20-23(25)26)16(24)15-6-4-3-5-14(15)10-19/h3-6,13H,7-9,11-12H2,1-2H3. The Bertz CT molecular complexity index is 829. The minimum absolute atomic E-state index is 0.0162. The molecule has 0 saturated carbocycles. The number of rotatable bonds is 4. The van der Waals surface area contributed by atoms with Gasteiger partial charge in [0.25, 0.3) is 11.9 Å². The molecule has 9 heteroatoms. The second kappa shape index (κ2) is 7.32. The van der Waals surface area contributed by atoms with E-state index in [-0.39, 0.29) is 35.2 Å². The Morgan fingerprint density at radius 2 is 2.19 bits per heavy atom. The Hall–Kier alpha value is -2.99. The number of guanidine groups is 1. The van der Waals surface area contributed by atoms with Gasteiger partial charge in [0.1, 0.15) is 5.10 Å². The van der Waals surface area contributed by atoms with Crippen LogP contribution in [0.3, 0.4) is 0 Å². The number of nitro groups is 1. The van der Waals surface area contributed by atoms with E-state index in [4.69, 9.17) is 4.74 Å². The van der Waals surface area contributed by atoms with E-state index >= 15 is 0 Å². The molecule has 1 amide bonds. The van der Waals surface area contributed by atoms with Crippen LogP contribution in [-0.2, 0) is 4.74 Å². The van der Waals surface area contributed by atoms with Crippen molar-refractivity contribution in [2.24, 2.45) is 11.0 Å². The van der Waals surface area contributed by atoms with Crippen LogP contribution in [0, 0.1) is 27.4 Å². The van der Waals surface area contributed by atoms with Crippen LogP contribution in [0.4, 0.5) is 0 Å². The van der Waals surface area contributed by atoms with Crippen molar-refractivity contribution in [3.8, 4) is 6.07 Å². The number of carbonyl (C=O) groups is 1. The lowest BCUT2D eigenvalue weighted by Crippen LogP contribution is -2.40. The molecule has 3 rings (SSSR count). The summed E-state index contributed by atoms with van der Waals surface area (Å²) < 4.78 is 5.74. The minimum atomic E-state index is -0.792. The lowest BCUT2D eigenvalue weighted by atomic mass is 9.97. The van der Waals surface area contributed by atoms with Crippen molar-refractivity contribution in [2.75, 3.05) is 26.2 Å². The number of ether oxygens (including phenoxy) is 1. The molecule has 2 saturated heterocycles. The summed E-state index contributed by atoms with van der Waals surface area (Å²) in [4.78, 5) is 27.0. The molecule has 1 aromatic carbocycles. The first-order valence-electron chi connectivity index (χ1n) is 8.73. The first kappa shape index (κ1) is 18.8. The van der Waals surface area contributed by atoms with Crippen molar-refractivity contribution in [1.29, 1.82) is 5.26 Å². The first-order chi connectivity index (χ1) is 12.8. The molecule has 0 spiro atoms. The van der Waals surface area contributed by atoms with Crippen LogP contribution in [0.2, 0.25) is 0 Å². The van der Waals surface area contributed by atoms with Crippen molar-refractivity contribution in [3.63, 3.8) is 0 Å². The van der Waals surface area contributed by atoms with Gasteiger partial charge in [-0.25, -0.2) is 10.1 Å². The number of hydrazone groups is 1. The highest BCUT2D eigenvalue weighted by Gasteiger charge is 2.39. The predicted octanol–water partition coefficient (Wildman–Crippen LogP) is 1.68. The third-order valence-electron chi connectivity index (χ3n) is 4.78. The Labute approximate surface area is 157 Å². The van der Waals surface area contributed by atoms with Gasteiger partial charge < -0.3 is 9.64 Å². The Balaban J connectivity index is 1.83. The van der Waals surface area contributed by atoms with Crippen molar-refractivity contribution in [2.45, 2.75) is 25.9 Å². The van der Waals surface area contributed by atoms with E-state index in [1.165, 1.54) is 4.90 Å². The molecular formula is C18H21N5O4. The van der Waals surface area contributed by atoms with E-state index in [1.54, 1.807) is 29.2 Å². The van der Waals surface area contributed by atoms with Gasteiger partial charge >= 0.3 is 0 Å². The summed E-state index contributed by atoms with van der Waals surface area (Å²) >= 11 is 0. The van der Waals surface area contributed by atoms with E-state index in [2.05, 4.69) is 5.10 Å². The molecule has 2 aliphatic rings. The molecule has 1 atom stereocenters. The highest BCUT2D eigenvalue weighted by Crippen LogP contribution is 2.30. The Morgan fingerprint density at radius 1 is 1.44 bits per heavy atom. The highest BCUT2D eigenvalue weighted by atomic mass is 16.7. The van der Waals surface area contributed by atoms with Crippen LogP contribution < -0.4 is 0 Å². The molecule has 2 fully saturated rings. The number of hydrogen-bond acceptors (Lipinski definition) is 5. The van der Waals surface area contributed by atoms with Crippen LogP contribution in [-0.4, -0.2) is 58.5 Å². The molecule has 27 heavy (non-hydrogen) atoms. The fraction of sp³-hybridized carbons (Fsp3) is 0.500. The lowest BCUT2D eigenvalue weighted by Gasteiger charge is -2.22. The summed E-state index contributed by atoms with van der Waals surface area (Å²) in [6, 6.07) is 8.39.